The normalized spacial score (nSPS) is 16.1. The number of nitrogens with zero attached hydrogens (tertiary/aromatic N) is 1. The molecule has 0 bridgehead atoms. The van der Waals surface area contributed by atoms with E-state index in [1.54, 1.807) is 0 Å². The summed E-state index contributed by atoms with van der Waals surface area (Å²) in [5.74, 6) is 0.834. The first-order valence-corrected chi connectivity index (χ1v) is 5.90. The third kappa shape index (κ3) is 3.57. The van der Waals surface area contributed by atoms with Gasteiger partial charge in [-0.15, -0.1) is 11.8 Å². The Hall–Kier alpha value is -0.710. The van der Waals surface area contributed by atoms with Gasteiger partial charge in [-0.1, -0.05) is 13.3 Å². The Morgan fingerprint density at radius 3 is 3.00 bits per heavy atom. The monoisotopic (exact) mass is 217 g/mol. The van der Waals surface area contributed by atoms with Crippen molar-refractivity contribution in [3.63, 3.8) is 0 Å². The number of carbonyl (C=O) groups excluding carboxylic acids is 2. The van der Waals surface area contributed by atoms with Gasteiger partial charge in [-0.3, -0.25) is 9.59 Å². The lowest BCUT2D eigenvalue weighted by Crippen LogP contribution is -2.32. The lowest BCUT2D eigenvalue weighted by atomic mass is 10.4. The minimum atomic E-state index is -0.297. The van der Waals surface area contributed by atoms with Crippen molar-refractivity contribution in [3.05, 3.63) is 0 Å². The molecule has 0 saturated carbocycles. The zero-order chi connectivity index (χ0) is 10.4. The largest absolute Gasteiger partial charge is 0.464 e. The fourth-order valence-corrected chi connectivity index (χ4v) is 1.98. The maximum absolute atomic E-state index is 11.2. The number of thioether (sulfide) groups is 1. The molecule has 80 valence electrons. The number of unbranched alkanes of at least 4 members (excludes halogenated alkanes) is 1. The molecule has 0 spiro atoms. The smallest absolute Gasteiger partial charge is 0.325 e. The summed E-state index contributed by atoms with van der Waals surface area (Å²) in [5, 5.41) is 0. The van der Waals surface area contributed by atoms with Gasteiger partial charge < -0.3 is 9.64 Å². The molecule has 5 heteroatoms. The average molecular weight is 217 g/mol. The zero-order valence-electron chi connectivity index (χ0n) is 8.32. The second-order valence-corrected chi connectivity index (χ2v) is 4.10. The molecule has 4 nitrogen and oxygen atoms in total. The Balaban J connectivity index is 2.16. The molecule has 0 atom stereocenters. The highest BCUT2D eigenvalue weighted by Crippen LogP contribution is 2.14. The van der Waals surface area contributed by atoms with Crippen molar-refractivity contribution in [2.24, 2.45) is 0 Å². The lowest BCUT2D eigenvalue weighted by molar-refractivity contribution is -0.147. The molecule has 0 aliphatic carbocycles. The second-order valence-electron chi connectivity index (χ2n) is 3.14. The molecule has 1 amide bonds. The molecule has 0 aromatic rings. The first kappa shape index (κ1) is 11.4. The van der Waals surface area contributed by atoms with E-state index >= 15 is 0 Å². The molecule has 1 aliphatic heterocycles. The van der Waals surface area contributed by atoms with E-state index in [1.807, 2.05) is 6.92 Å². The lowest BCUT2D eigenvalue weighted by Gasteiger charge is -2.13. The molecule has 1 saturated heterocycles. The van der Waals surface area contributed by atoms with Crippen molar-refractivity contribution in [1.82, 2.24) is 4.90 Å². The van der Waals surface area contributed by atoms with Gasteiger partial charge in [-0.25, -0.2) is 0 Å². The standard InChI is InChI=1S/C9H15NO3S/c1-2-3-4-13-9(12)5-10-7-14-6-8(10)11/h2-7H2,1H3. The fraction of sp³-hybridized carbons (Fsp3) is 0.778. The van der Waals surface area contributed by atoms with E-state index in [1.165, 1.54) is 16.7 Å². The summed E-state index contributed by atoms with van der Waals surface area (Å²) in [6.45, 7) is 2.61. The summed E-state index contributed by atoms with van der Waals surface area (Å²) >= 11 is 1.53. The predicted octanol–water partition coefficient (Wildman–Crippen LogP) is 0.863. The predicted molar refractivity (Wildman–Crippen MR) is 54.9 cm³/mol. The molecule has 0 aromatic heterocycles. The van der Waals surface area contributed by atoms with Crippen LogP contribution >= 0.6 is 11.8 Å². The molecule has 0 N–H and O–H groups in total. The van der Waals surface area contributed by atoms with Gasteiger partial charge in [0.05, 0.1) is 18.2 Å². The average Bonchev–Trinajstić information content (AvgIpc) is 2.52. The molecule has 1 aliphatic rings. The van der Waals surface area contributed by atoms with Crippen LogP contribution in [0.1, 0.15) is 19.8 Å². The van der Waals surface area contributed by atoms with Crippen molar-refractivity contribution in [2.75, 3.05) is 24.8 Å². The van der Waals surface area contributed by atoms with Crippen LogP contribution in [0.2, 0.25) is 0 Å². The van der Waals surface area contributed by atoms with Gasteiger partial charge in [-0.2, -0.15) is 0 Å². The fourth-order valence-electron chi connectivity index (χ4n) is 1.07. The number of ether oxygens (including phenoxy) is 1. The Labute approximate surface area is 88.0 Å². The van der Waals surface area contributed by atoms with Crippen LogP contribution < -0.4 is 0 Å². The third-order valence-electron chi connectivity index (χ3n) is 1.91. The SMILES string of the molecule is CCCCOC(=O)CN1CSCC1=O. The van der Waals surface area contributed by atoms with Crippen molar-refractivity contribution < 1.29 is 14.3 Å². The van der Waals surface area contributed by atoms with Crippen LogP contribution in [0.4, 0.5) is 0 Å². The summed E-state index contributed by atoms with van der Waals surface area (Å²) in [4.78, 5) is 23.9. The second kappa shape index (κ2) is 5.90. The molecule has 14 heavy (non-hydrogen) atoms. The highest BCUT2D eigenvalue weighted by atomic mass is 32.2. The van der Waals surface area contributed by atoms with Crippen molar-refractivity contribution in [3.8, 4) is 0 Å². The molecular weight excluding hydrogens is 202 g/mol. The molecule has 1 rings (SSSR count). The van der Waals surface area contributed by atoms with E-state index < -0.39 is 0 Å². The van der Waals surface area contributed by atoms with E-state index in [9.17, 15) is 9.59 Å². The van der Waals surface area contributed by atoms with Crippen molar-refractivity contribution in [1.29, 1.82) is 0 Å². The summed E-state index contributed by atoms with van der Waals surface area (Å²) < 4.78 is 4.95. The van der Waals surface area contributed by atoms with Gasteiger partial charge in [0.1, 0.15) is 6.54 Å². The van der Waals surface area contributed by atoms with E-state index in [-0.39, 0.29) is 18.4 Å². The first-order chi connectivity index (χ1) is 6.74. The van der Waals surface area contributed by atoms with Crippen LogP contribution in [-0.4, -0.2) is 41.6 Å². The number of amides is 1. The maximum atomic E-state index is 11.2. The number of hydrogen-bond donors (Lipinski definition) is 0. The van der Waals surface area contributed by atoms with E-state index in [2.05, 4.69) is 0 Å². The summed E-state index contributed by atoms with van der Waals surface area (Å²) in [6, 6.07) is 0. The van der Waals surface area contributed by atoms with Crippen LogP contribution in [0.15, 0.2) is 0 Å². The van der Waals surface area contributed by atoms with E-state index in [0.29, 0.717) is 18.2 Å². The summed E-state index contributed by atoms with van der Waals surface area (Å²) in [7, 11) is 0. The van der Waals surface area contributed by atoms with Gasteiger partial charge in [0.15, 0.2) is 0 Å². The number of esters is 1. The van der Waals surface area contributed by atoms with Crippen molar-refractivity contribution >= 4 is 23.6 Å². The van der Waals surface area contributed by atoms with Crippen molar-refractivity contribution in [2.45, 2.75) is 19.8 Å². The van der Waals surface area contributed by atoms with Gasteiger partial charge in [-0.05, 0) is 6.42 Å². The zero-order valence-corrected chi connectivity index (χ0v) is 9.14. The Morgan fingerprint density at radius 2 is 2.43 bits per heavy atom. The Morgan fingerprint density at radius 1 is 1.64 bits per heavy atom. The van der Waals surface area contributed by atoms with Gasteiger partial charge in [0.2, 0.25) is 5.91 Å². The number of hydrogen-bond acceptors (Lipinski definition) is 4. The summed E-state index contributed by atoms with van der Waals surface area (Å²) in [6.07, 6.45) is 1.89. The van der Waals surface area contributed by atoms with Crippen LogP contribution in [-0.2, 0) is 14.3 Å². The molecule has 1 fully saturated rings. The first-order valence-electron chi connectivity index (χ1n) is 4.75. The highest BCUT2D eigenvalue weighted by molar-refractivity contribution is 8.00. The van der Waals surface area contributed by atoms with E-state index in [0.717, 1.165) is 12.8 Å². The van der Waals surface area contributed by atoms with Gasteiger partial charge >= 0.3 is 5.97 Å². The highest BCUT2D eigenvalue weighted by Gasteiger charge is 2.23. The number of carbonyl (C=O) groups is 2. The molecular formula is C9H15NO3S. The van der Waals surface area contributed by atoms with Gasteiger partial charge in [0, 0.05) is 0 Å². The Kier molecular flexibility index (Phi) is 4.79. The molecule has 1 heterocycles. The van der Waals surface area contributed by atoms with Crippen LogP contribution in [0, 0.1) is 0 Å². The van der Waals surface area contributed by atoms with Crippen LogP contribution in [0.5, 0.6) is 0 Å². The van der Waals surface area contributed by atoms with E-state index in [4.69, 9.17) is 4.74 Å². The quantitative estimate of drug-likeness (QED) is 0.506. The summed E-state index contributed by atoms with van der Waals surface area (Å²) in [5.41, 5.74) is 0. The Bertz CT molecular complexity index is 220. The minimum absolute atomic E-state index is 0.0300. The third-order valence-corrected chi connectivity index (χ3v) is 2.85. The van der Waals surface area contributed by atoms with Crippen LogP contribution in [0.3, 0.4) is 0 Å². The number of rotatable bonds is 5. The van der Waals surface area contributed by atoms with Gasteiger partial charge in [0.25, 0.3) is 0 Å². The molecule has 0 unspecified atom stereocenters. The van der Waals surface area contributed by atoms with Crippen LogP contribution in [0.25, 0.3) is 0 Å². The molecule has 0 radical (unpaired) electrons. The maximum Gasteiger partial charge on any atom is 0.325 e. The molecule has 0 aromatic carbocycles. The minimum Gasteiger partial charge on any atom is -0.464 e. The topological polar surface area (TPSA) is 46.6 Å².